The lowest BCUT2D eigenvalue weighted by atomic mass is 9.86. The van der Waals surface area contributed by atoms with Crippen LogP contribution >= 0.6 is 0 Å². The first-order valence-electron chi connectivity index (χ1n) is 6.29. The molecule has 0 aromatic heterocycles. The van der Waals surface area contributed by atoms with Crippen molar-refractivity contribution in [2.75, 3.05) is 13.7 Å². The molecule has 1 aromatic rings. The highest BCUT2D eigenvalue weighted by atomic mass is 19.1. The van der Waals surface area contributed by atoms with Gasteiger partial charge in [-0.15, -0.1) is 0 Å². The van der Waals surface area contributed by atoms with Gasteiger partial charge < -0.3 is 10.1 Å². The lowest BCUT2D eigenvalue weighted by Gasteiger charge is -2.30. The Hall–Kier alpha value is -1.42. The van der Waals surface area contributed by atoms with E-state index < -0.39 is 0 Å². The van der Waals surface area contributed by atoms with E-state index in [-0.39, 0.29) is 23.7 Å². The van der Waals surface area contributed by atoms with Gasteiger partial charge in [-0.3, -0.25) is 4.79 Å². The molecule has 1 aliphatic heterocycles. The molecule has 4 heteroatoms. The van der Waals surface area contributed by atoms with Crippen LogP contribution in [0.1, 0.15) is 30.7 Å². The molecule has 0 spiro atoms. The topological polar surface area (TPSA) is 38.3 Å². The van der Waals surface area contributed by atoms with Crippen molar-refractivity contribution < 1.29 is 13.9 Å². The smallest absolute Gasteiger partial charge is 0.314 e. The number of hydrogen-bond acceptors (Lipinski definition) is 3. The van der Waals surface area contributed by atoms with Crippen molar-refractivity contribution in [3.63, 3.8) is 0 Å². The van der Waals surface area contributed by atoms with Crippen LogP contribution in [0.25, 0.3) is 0 Å². The lowest BCUT2D eigenvalue weighted by molar-refractivity contribution is -0.143. The Bertz CT molecular complexity index is 399. The number of rotatable bonds is 3. The molecule has 1 aromatic carbocycles. The molecule has 0 amide bonds. The van der Waals surface area contributed by atoms with E-state index in [0.717, 1.165) is 31.4 Å². The molecule has 18 heavy (non-hydrogen) atoms. The zero-order valence-corrected chi connectivity index (χ0v) is 10.5. The number of methoxy groups -OCH3 is 1. The average molecular weight is 251 g/mol. The summed E-state index contributed by atoms with van der Waals surface area (Å²) in [6.07, 6.45) is 3.18. The first-order chi connectivity index (χ1) is 8.72. The van der Waals surface area contributed by atoms with Gasteiger partial charge in [0.25, 0.3) is 0 Å². The minimum absolute atomic E-state index is 0.0802. The number of hydrogen-bond donors (Lipinski definition) is 1. The number of ether oxygens (including phenoxy) is 1. The quantitative estimate of drug-likeness (QED) is 0.837. The van der Waals surface area contributed by atoms with E-state index in [1.807, 2.05) is 0 Å². The summed E-state index contributed by atoms with van der Waals surface area (Å²) in [7, 11) is 1.39. The molecule has 98 valence electrons. The summed E-state index contributed by atoms with van der Waals surface area (Å²) < 4.78 is 17.8. The van der Waals surface area contributed by atoms with Crippen LogP contribution in [0.5, 0.6) is 0 Å². The molecule has 1 saturated heterocycles. The van der Waals surface area contributed by atoms with Gasteiger partial charge >= 0.3 is 5.97 Å². The monoisotopic (exact) mass is 251 g/mol. The van der Waals surface area contributed by atoms with Gasteiger partial charge in [0.1, 0.15) is 5.82 Å². The van der Waals surface area contributed by atoms with E-state index in [0.29, 0.717) is 0 Å². The second-order valence-corrected chi connectivity index (χ2v) is 4.61. The zero-order chi connectivity index (χ0) is 13.0. The Morgan fingerprint density at radius 2 is 2.11 bits per heavy atom. The van der Waals surface area contributed by atoms with Crippen LogP contribution in [0, 0.1) is 5.82 Å². The lowest BCUT2D eigenvalue weighted by Crippen LogP contribution is -2.42. The summed E-state index contributed by atoms with van der Waals surface area (Å²) in [4.78, 5) is 11.9. The molecule has 1 aliphatic rings. The Morgan fingerprint density at radius 3 is 2.67 bits per heavy atom. The molecule has 1 fully saturated rings. The van der Waals surface area contributed by atoms with E-state index in [1.54, 1.807) is 12.1 Å². The van der Waals surface area contributed by atoms with E-state index in [1.165, 1.54) is 19.2 Å². The number of carbonyl (C=O) groups excluding carboxylic acids is 1. The minimum atomic E-state index is -0.351. The minimum Gasteiger partial charge on any atom is -0.469 e. The Balaban J connectivity index is 2.23. The molecule has 1 N–H and O–H groups in total. The molecular weight excluding hydrogens is 233 g/mol. The number of esters is 1. The van der Waals surface area contributed by atoms with Gasteiger partial charge in [0.2, 0.25) is 0 Å². The van der Waals surface area contributed by atoms with Gasteiger partial charge in [-0.25, -0.2) is 4.39 Å². The number of carbonyl (C=O) groups is 1. The fourth-order valence-electron chi connectivity index (χ4n) is 2.49. The van der Waals surface area contributed by atoms with Gasteiger partial charge in [0.05, 0.1) is 13.0 Å². The summed E-state index contributed by atoms with van der Waals surface area (Å²) in [6.45, 7) is 0.916. The highest BCUT2D eigenvalue weighted by molar-refractivity contribution is 5.79. The SMILES string of the molecule is COC(=O)[C@H](c1ccc(F)cc1)[C@@H]1CCCCN1. The molecule has 2 rings (SSSR count). The second kappa shape index (κ2) is 5.96. The van der Waals surface area contributed by atoms with Crippen LogP contribution in [0.4, 0.5) is 4.39 Å². The van der Waals surface area contributed by atoms with E-state index >= 15 is 0 Å². The van der Waals surface area contributed by atoms with Crippen LogP contribution in [0.3, 0.4) is 0 Å². The third kappa shape index (κ3) is 2.88. The molecule has 1 heterocycles. The largest absolute Gasteiger partial charge is 0.469 e. The van der Waals surface area contributed by atoms with Crippen molar-refractivity contribution in [3.05, 3.63) is 35.6 Å². The number of halogens is 1. The molecule has 0 radical (unpaired) electrons. The summed E-state index contributed by atoms with van der Waals surface area (Å²) in [5.41, 5.74) is 0.808. The molecule has 3 nitrogen and oxygen atoms in total. The van der Waals surface area contributed by atoms with Gasteiger partial charge in [-0.2, -0.15) is 0 Å². The Morgan fingerprint density at radius 1 is 1.39 bits per heavy atom. The molecule has 0 bridgehead atoms. The van der Waals surface area contributed by atoms with E-state index in [9.17, 15) is 9.18 Å². The number of benzene rings is 1. The molecular formula is C14H18FNO2. The van der Waals surface area contributed by atoms with Gasteiger partial charge in [0, 0.05) is 6.04 Å². The predicted octanol–water partition coefficient (Wildman–Crippen LogP) is 2.22. The number of piperidine rings is 1. The standard InChI is InChI=1S/C14H18FNO2/c1-18-14(17)13(12-4-2-3-9-16-12)10-5-7-11(15)8-6-10/h5-8,12-13,16H,2-4,9H2,1H3/t12-,13+/m0/s1. The van der Waals surface area contributed by atoms with E-state index in [2.05, 4.69) is 5.32 Å². The molecule has 0 aliphatic carbocycles. The second-order valence-electron chi connectivity index (χ2n) is 4.61. The Kier molecular flexibility index (Phi) is 4.31. The predicted molar refractivity (Wildman–Crippen MR) is 66.8 cm³/mol. The summed E-state index contributed by atoms with van der Waals surface area (Å²) in [6, 6.07) is 6.17. The summed E-state index contributed by atoms with van der Waals surface area (Å²) >= 11 is 0. The highest BCUT2D eigenvalue weighted by Gasteiger charge is 2.31. The van der Waals surface area contributed by atoms with Crippen LogP contribution in [-0.4, -0.2) is 25.7 Å². The summed E-state index contributed by atoms with van der Waals surface area (Å²) in [5, 5.41) is 3.35. The average Bonchev–Trinajstić information content (AvgIpc) is 2.42. The first kappa shape index (κ1) is 13.0. The maximum atomic E-state index is 12.9. The van der Waals surface area contributed by atoms with Gasteiger partial charge in [-0.1, -0.05) is 18.6 Å². The molecule has 0 unspecified atom stereocenters. The van der Waals surface area contributed by atoms with Crippen molar-refractivity contribution >= 4 is 5.97 Å². The number of nitrogens with one attached hydrogen (secondary N) is 1. The Labute approximate surface area is 106 Å². The van der Waals surface area contributed by atoms with Crippen molar-refractivity contribution in [1.82, 2.24) is 5.32 Å². The van der Waals surface area contributed by atoms with Crippen LogP contribution < -0.4 is 5.32 Å². The van der Waals surface area contributed by atoms with Crippen molar-refractivity contribution in [2.45, 2.75) is 31.2 Å². The van der Waals surface area contributed by atoms with Crippen LogP contribution in [-0.2, 0) is 9.53 Å². The fraction of sp³-hybridized carbons (Fsp3) is 0.500. The molecule has 2 atom stereocenters. The van der Waals surface area contributed by atoms with Crippen molar-refractivity contribution in [3.8, 4) is 0 Å². The highest BCUT2D eigenvalue weighted by Crippen LogP contribution is 2.26. The van der Waals surface area contributed by atoms with E-state index in [4.69, 9.17) is 4.74 Å². The van der Waals surface area contributed by atoms with Crippen LogP contribution in [0.15, 0.2) is 24.3 Å². The maximum Gasteiger partial charge on any atom is 0.314 e. The van der Waals surface area contributed by atoms with Crippen molar-refractivity contribution in [2.24, 2.45) is 0 Å². The third-order valence-electron chi connectivity index (χ3n) is 3.44. The normalized spacial score (nSPS) is 21.3. The third-order valence-corrected chi connectivity index (χ3v) is 3.44. The first-order valence-corrected chi connectivity index (χ1v) is 6.29. The fourth-order valence-corrected chi connectivity index (χ4v) is 2.49. The summed E-state index contributed by atoms with van der Waals surface area (Å²) in [5.74, 6) is -0.907. The maximum absolute atomic E-state index is 12.9. The molecule has 0 saturated carbocycles. The van der Waals surface area contributed by atoms with Gasteiger partial charge in [-0.05, 0) is 37.1 Å². The van der Waals surface area contributed by atoms with Gasteiger partial charge in [0.15, 0.2) is 0 Å². The van der Waals surface area contributed by atoms with Crippen molar-refractivity contribution in [1.29, 1.82) is 0 Å². The zero-order valence-electron chi connectivity index (χ0n) is 10.5. The van der Waals surface area contributed by atoms with Crippen LogP contribution in [0.2, 0.25) is 0 Å².